The van der Waals surface area contributed by atoms with E-state index in [1.165, 1.54) is 5.56 Å². The first-order valence-corrected chi connectivity index (χ1v) is 9.52. The molecular formula is C22H19ClN2O3. The van der Waals surface area contributed by atoms with Gasteiger partial charge in [-0.25, -0.2) is 4.79 Å². The minimum Gasteiger partial charge on any atom is -0.460 e. The number of nitrogens with one attached hydrogen (secondary N) is 1. The highest BCUT2D eigenvalue weighted by Crippen LogP contribution is 2.31. The van der Waals surface area contributed by atoms with Gasteiger partial charge in [0.05, 0.1) is 12.2 Å². The lowest BCUT2D eigenvalue weighted by Crippen LogP contribution is -2.17. The maximum Gasteiger partial charge on any atom is 0.379 e. The Balaban J connectivity index is 1.72. The van der Waals surface area contributed by atoms with E-state index in [1.54, 1.807) is 13.0 Å². The van der Waals surface area contributed by atoms with Crippen molar-refractivity contribution in [1.82, 2.24) is 9.55 Å². The quantitative estimate of drug-likeness (QED) is 0.291. The third kappa shape index (κ3) is 3.08. The third-order valence-corrected chi connectivity index (χ3v) is 5.27. The number of para-hydroxylation sites is 2. The van der Waals surface area contributed by atoms with E-state index in [0.29, 0.717) is 11.9 Å². The molecule has 2 aromatic carbocycles. The molecule has 28 heavy (non-hydrogen) atoms. The van der Waals surface area contributed by atoms with Crippen LogP contribution in [0.2, 0.25) is 5.15 Å². The number of rotatable bonds is 6. The molecule has 142 valence electrons. The van der Waals surface area contributed by atoms with E-state index in [2.05, 4.69) is 11.1 Å². The molecule has 4 aromatic rings. The molecule has 0 spiro atoms. The van der Waals surface area contributed by atoms with Gasteiger partial charge in [-0.05, 0) is 31.0 Å². The number of hydrogen-bond acceptors (Lipinski definition) is 3. The summed E-state index contributed by atoms with van der Waals surface area (Å²) in [5.74, 6) is -1.60. The van der Waals surface area contributed by atoms with Crippen molar-refractivity contribution < 1.29 is 14.3 Å². The molecule has 0 aliphatic heterocycles. The fourth-order valence-electron chi connectivity index (χ4n) is 3.58. The van der Waals surface area contributed by atoms with Gasteiger partial charge in [0.1, 0.15) is 5.15 Å². The Bertz CT molecular complexity index is 1190. The van der Waals surface area contributed by atoms with Gasteiger partial charge in [-0.1, -0.05) is 48.0 Å². The molecule has 0 saturated carbocycles. The Hall–Kier alpha value is -3.05. The Morgan fingerprint density at radius 2 is 1.79 bits per heavy atom. The number of H-pyrrole nitrogens is 1. The first-order valence-electron chi connectivity index (χ1n) is 9.15. The van der Waals surface area contributed by atoms with Gasteiger partial charge in [0.15, 0.2) is 0 Å². The number of fused-ring (bicyclic) bond motifs is 2. The van der Waals surface area contributed by atoms with Gasteiger partial charge in [0, 0.05) is 34.5 Å². The summed E-state index contributed by atoms with van der Waals surface area (Å²) in [5, 5.41) is 2.08. The van der Waals surface area contributed by atoms with Crippen molar-refractivity contribution >= 4 is 45.2 Å². The second-order valence-corrected chi connectivity index (χ2v) is 6.85. The second-order valence-electron chi connectivity index (χ2n) is 6.49. The number of ether oxygens (including phenoxy) is 1. The predicted octanol–water partition coefficient (Wildman–Crippen LogP) is 4.76. The van der Waals surface area contributed by atoms with Crippen molar-refractivity contribution in [3.05, 3.63) is 71.0 Å². The highest BCUT2D eigenvalue weighted by Gasteiger charge is 2.27. The molecule has 0 atom stereocenters. The number of ketones is 1. The molecular weight excluding hydrogens is 376 g/mol. The predicted molar refractivity (Wildman–Crippen MR) is 110 cm³/mol. The average Bonchev–Trinajstić information content (AvgIpc) is 3.24. The zero-order chi connectivity index (χ0) is 19.7. The van der Waals surface area contributed by atoms with Crippen molar-refractivity contribution in [2.75, 3.05) is 6.61 Å². The molecule has 0 saturated heterocycles. The summed E-state index contributed by atoms with van der Waals surface area (Å²) in [6, 6.07) is 15.5. The minimum absolute atomic E-state index is 0.140. The molecule has 0 bridgehead atoms. The average molecular weight is 395 g/mol. The second kappa shape index (κ2) is 7.52. The Morgan fingerprint density at radius 1 is 1.07 bits per heavy atom. The topological polar surface area (TPSA) is 64.1 Å². The van der Waals surface area contributed by atoms with Crippen LogP contribution < -0.4 is 0 Å². The van der Waals surface area contributed by atoms with Crippen LogP contribution in [-0.2, 0) is 22.5 Å². The van der Waals surface area contributed by atoms with E-state index >= 15 is 0 Å². The van der Waals surface area contributed by atoms with Crippen LogP contribution >= 0.6 is 11.6 Å². The first kappa shape index (κ1) is 18.3. The van der Waals surface area contributed by atoms with Crippen molar-refractivity contribution in [3.63, 3.8) is 0 Å². The van der Waals surface area contributed by atoms with Crippen LogP contribution in [0.4, 0.5) is 0 Å². The first-order chi connectivity index (χ1) is 13.6. The highest BCUT2D eigenvalue weighted by atomic mass is 35.5. The molecule has 0 fully saturated rings. The van der Waals surface area contributed by atoms with Gasteiger partial charge < -0.3 is 14.3 Å². The lowest BCUT2D eigenvalue weighted by molar-refractivity contribution is -0.137. The van der Waals surface area contributed by atoms with Crippen molar-refractivity contribution in [3.8, 4) is 0 Å². The molecule has 0 unspecified atom stereocenters. The lowest BCUT2D eigenvalue weighted by atomic mass is 10.1. The Morgan fingerprint density at radius 3 is 2.57 bits per heavy atom. The van der Waals surface area contributed by atoms with Crippen LogP contribution in [0.5, 0.6) is 0 Å². The van der Waals surface area contributed by atoms with E-state index in [1.807, 2.05) is 47.2 Å². The number of halogens is 1. The van der Waals surface area contributed by atoms with Gasteiger partial charge in [-0.2, -0.15) is 0 Å². The summed E-state index contributed by atoms with van der Waals surface area (Å²) in [6.07, 6.45) is 2.73. The van der Waals surface area contributed by atoms with E-state index in [0.717, 1.165) is 22.8 Å². The van der Waals surface area contributed by atoms with E-state index in [-0.39, 0.29) is 17.3 Å². The van der Waals surface area contributed by atoms with Crippen LogP contribution in [0.1, 0.15) is 22.8 Å². The fourth-order valence-corrected chi connectivity index (χ4v) is 3.94. The molecule has 0 radical (unpaired) electrons. The Kier molecular flexibility index (Phi) is 4.92. The standard InChI is InChI=1S/C22H19ClN2O3/c1-2-28-22(27)20(26)19-16-8-4-6-10-18(16)25(21(19)23)12-11-14-13-24-17-9-5-3-7-15(14)17/h3-10,13,24H,2,11-12H2,1H3. The highest BCUT2D eigenvalue weighted by molar-refractivity contribution is 6.48. The summed E-state index contributed by atoms with van der Waals surface area (Å²) < 4.78 is 6.76. The number of hydrogen-bond donors (Lipinski definition) is 1. The van der Waals surface area contributed by atoms with Crippen LogP contribution in [0, 0.1) is 0 Å². The van der Waals surface area contributed by atoms with Crippen LogP contribution in [0.25, 0.3) is 21.8 Å². The summed E-state index contributed by atoms with van der Waals surface area (Å²) in [4.78, 5) is 27.9. The Labute approximate surface area is 166 Å². The van der Waals surface area contributed by atoms with Gasteiger partial charge in [0.25, 0.3) is 5.78 Å². The molecule has 2 heterocycles. The number of carbonyl (C=O) groups excluding carboxylic acids is 2. The van der Waals surface area contributed by atoms with Crippen LogP contribution in [0.3, 0.4) is 0 Å². The fraction of sp³-hybridized carbons (Fsp3) is 0.182. The SMILES string of the molecule is CCOC(=O)C(=O)c1c(Cl)n(CCc2c[nH]c3ccccc23)c2ccccc12. The van der Waals surface area contributed by atoms with Crippen molar-refractivity contribution in [2.45, 2.75) is 19.9 Å². The third-order valence-electron chi connectivity index (χ3n) is 4.88. The lowest BCUT2D eigenvalue weighted by Gasteiger charge is -2.07. The monoisotopic (exact) mass is 394 g/mol. The van der Waals surface area contributed by atoms with Gasteiger partial charge in [-0.3, -0.25) is 4.79 Å². The van der Waals surface area contributed by atoms with Crippen molar-refractivity contribution in [1.29, 1.82) is 0 Å². The van der Waals surface area contributed by atoms with Crippen molar-refractivity contribution in [2.24, 2.45) is 0 Å². The number of aromatic nitrogens is 2. The molecule has 1 N–H and O–H groups in total. The van der Waals surface area contributed by atoms with Gasteiger partial charge in [-0.15, -0.1) is 0 Å². The number of Topliss-reactive ketones (excluding diaryl/α,β-unsaturated/α-hetero) is 1. The molecule has 0 aliphatic carbocycles. The summed E-state index contributed by atoms with van der Waals surface area (Å²) in [7, 11) is 0. The molecule has 5 nitrogen and oxygen atoms in total. The molecule has 2 aromatic heterocycles. The number of esters is 1. The molecule has 0 aliphatic rings. The number of nitrogens with zero attached hydrogens (tertiary/aromatic N) is 1. The maximum atomic E-state index is 12.6. The summed E-state index contributed by atoms with van der Waals surface area (Å²) in [6.45, 7) is 2.38. The smallest absolute Gasteiger partial charge is 0.379 e. The van der Waals surface area contributed by atoms with Gasteiger partial charge >= 0.3 is 5.97 Å². The number of carbonyl (C=O) groups is 2. The molecule has 4 rings (SSSR count). The maximum absolute atomic E-state index is 12.6. The summed E-state index contributed by atoms with van der Waals surface area (Å²) >= 11 is 6.58. The van der Waals surface area contributed by atoms with E-state index in [4.69, 9.17) is 16.3 Å². The van der Waals surface area contributed by atoms with Gasteiger partial charge in [0.2, 0.25) is 0 Å². The zero-order valence-electron chi connectivity index (χ0n) is 15.4. The number of benzene rings is 2. The van der Waals surface area contributed by atoms with E-state index in [9.17, 15) is 9.59 Å². The minimum atomic E-state index is -0.885. The zero-order valence-corrected chi connectivity index (χ0v) is 16.1. The molecule has 0 amide bonds. The number of aryl methyl sites for hydroxylation is 2. The van der Waals surface area contributed by atoms with Crippen LogP contribution in [-0.4, -0.2) is 27.9 Å². The largest absolute Gasteiger partial charge is 0.460 e. The van der Waals surface area contributed by atoms with Crippen LogP contribution in [0.15, 0.2) is 54.7 Å². The number of aromatic amines is 1. The van der Waals surface area contributed by atoms with E-state index < -0.39 is 11.8 Å². The summed E-state index contributed by atoms with van der Waals surface area (Å²) in [5.41, 5.74) is 3.27. The molecule has 6 heteroatoms. The normalized spacial score (nSPS) is 11.2.